The highest BCUT2D eigenvalue weighted by Gasteiger charge is 2.02. The summed E-state index contributed by atoms with van der Waals surface area (Å²) < 4.78 is 0. The van der Waals surface area contributed by atoms with Gasteiger partial charge < -0.3 is 0 Å². The predicted octanol–water partition coefficient (Wildman–Crippen LogP) is 7.17. The average Bonchev–Trinajstić information content (AvgIpc) is 2.70. The minimum atomic E-state index is 1.25. The van der Waals surface area contributed by atoms with Gasteiger partial charge in [0.1, 0.15) is 0 Å². The summed E-state index contributed by atoms with van der Waals surface area (Å²) in [4.78, 5) is 2.51. The molecule has 0 heterocycles. The maximum atomic E-state index is 2.26. The highest BCUT2D eigenvalue weighted by atomic mass is 32.2. The molecule has 120 valence electrons. The molecular formula is C24H18S. The Morgan fingerprint density at radius 2 is 0.880 bits per heavy atom. The largest absolute Gasteiger partial charge is 0.0901 e. The molecule has 0 N–H and O–H groups in total. The molecule has 0 aliphatic carbocycles. The van der Waals surface area contributed by atoms with E-state index in [0.29, 0.717) is 0 Å². The van der Waals surface area contributed by atoms with Crippen molar-refractivity contribution >= 4 is 11.8 Å². The normalized spacial score (nSPS) is 10.6. The van der Waals surface area contributed by atoms with Gasteiger partial charge in [0.05, 0.1) is 0 Å². The second kappa shape index (κ2) is 7.42. The first-order valence-electron chi connectivity index (χ1n) is 8.37. The molecule has 4 rings (SSSR count). The second-order valence-corrected chi connectivity index (χ2v) is 7.03. The van der Waals surface area contributed by atoms with Crippen LogP contribution in [0.2, 0.25) is 0 Å². The van der Waals surface area contributed by atoms with E-state index in [1.165, 1.54) is 32.0 Å². The van der Waals surface area contributed by atoms with Crippen LogP contribution in [0, 0.1) is 0 Å². The molecule has 0 saturated heterocycles. The van der Waals surface area contributed by atoms with E-state index in [0.717, 1.165) is 0 Å². The molecule has 4 aromatic rings. The Balaban J connectivity index is 1.55. The van der Waals surface area contributed by atoms with Crippen LogP contribution < -0.4 is 0 Å². The zero-order valence-corrected chi connectivity index (χ0v) is 14.6. The van der Waals surface area contributed by atoms with Crippen LogP contribution in [0.4, 0.5) is 0 Å². The van der Waals surface area contributed by atoms with E-state index in [1.54, 1.807) is 11.8 Å². The second-order valence-electron chi connectivity index (χ2n) is 5.89. The van der Waals surface area contributed by atoms with Crippen molar-refractivity contribution in [1.29, 1.82) is 0 Å². The van der Waals surface area contributed by atoms with Crippen LogP contribution in [0.25, 0.3) is 22.3 Å². The Hall–Kier alpha value is -2.77. The Kier molecular flexibility index (Phi) is 4.67. The van der Waals surface area contributed by atoms with Crippen molar-refractivity contribution < 1.29 is 0 Å². The lowest BCUT2D eigenvalue weighted by molar-refractivity contribution is 1.40. The van der Waals surface area contributed by atoms with Crippen LogP contribution in [0.3, 0.4) is 0 Å². The standard InChI is InChI=1S/C24H18S/c1-3-8-19(9-4-1)21-14-16-23(17-15-21)25-24-13-7-12-22(18-24)20-10-5-2-6-11-20/h1-18H. The minimum Gasteiger partial charge on any atom is -0.0901 e. The zero-order chi connectivity index (χ0) is 16.9. The molecule has 4 aromatic carbocycles. The van der Waals surface area contributed by atoms with E-state index in [-0.39, 0.29) is 0 Å². The molecule has 0 fully saturated rings. The van der Waals surface area contributed by atoms with E-state index in [9.17, 15) is 0 Å². The summed E-state index contributed by atoms with van der Waals surface area (Å²) in [5.74, 6) is 0. The maximum absolute atomic E-state index is 2.26. The lowest BCUT2D eigenvalue weighted by atomic mass is 10.1. The lowest BCUT2D eigenvalue weighted by Crippen LogP contribution is -1.80. The summed E-state index contributed by atoms with van der Waals surface area (Å²) in [5, 5.41) is 0. The van der Waals surface area contributed by atoms with Gasteiger partial charge in [-0.2, -0.15) is 0 Å². The molecule has 0 aliphatic heterocycles. The fourth-order valence-corrected chi connectivity index (χ4v) is 3.73. The van der Waals surface area contributed by atoms with Gasteiger partial charge in [0.2, 0.25) is 0 Å². The van der Waals surface area contributed by atoms with Gasteiger partial charge in [-0.05, 0) is 46.5 Å². The van der Waals surface area contributed by atoms with Crippen LogP contribution in [-0.4, -0.2) is 0 Å². The highest BCUT2D eigenvalue weighted by molar-refractivity contribution is 7.99. The van der Waals surface area contributed by atoms with Gasteiger partial charge in [-0.15, -0.1) is 0 Å². The number of rotatable bonds is 4. The summed E-state index contributed by atoms with van der Waals surface area (Å²) in [6.07, 6.45) is 0. The van der Waals surface area contributed by atoms with Crippen LogP contribution >= 0.6 is 11.8 Å². The van der Waals surface area contributed by atoms with Crippen molar-refractivity contribution in [2.24, 2.45) is 0 Å². The third kappa shape index (κ3) is 3.84. The number of hydrogen-bond donors (Lipinski definition) is 0. The van der Waals surface area contributed by atoms with Gasteiger partial charge in [-0.3, -0.25) is 0 Å². The molecule has 0 spiro atoms. The number of hydrogen-bond acceptors (Lipinski definition) is 1. The predicted molar refractivity (Wildman–Crippen MR) is 108 cm³/mol. The summed E-state index contributed by atoms with van der Waals surface area (Å²) in [7, 11) is 0. The molecule has 0 atom stereocenters. The summed E-state index contributed by atoms with van der Waals surface area (Å²) in [6.45, 7) is 0. The minimum absolute atomic E-state index is 1.25. The van der Waals surface area contributed by atoms with E-state index < -0.39 is 0 Å². The summed E-state index contributed by atoms with van der Waals surface area (Å²) in [5.41, 5.74) is 5.02. The van der Waals surface area contributed by atoms with Gasteiger partial charge in [-0.1, -0.05) is 96.7 Å². The van der Waals surface area contributed by atoms with Crippen LogP contribution in [0.5, 0.6) is 0 Å². The van der Waals surface area contributed by atoms with Crippen LogP contribution in [-0.2, 0) is 0 Å². The van der Waals surface area contributed by atoms with Crippen molar-refractivity contribution in [2.75, 3.05) is 0 Å². The smallest absolute Gasteiger partial charge is 0.0128 e. The summed E-state index contributed by atoms with van der Waals surface area (Å²) in [6, 6.07) is 38.5. The van der Waals surface area contributed by atoms with Crippen molar-refractivity contribution in [3.05, 3.63) is 109 Å². The third-order valence-electron chi connectivity index (χ3n) is 4.14. The van der Waals surface area contributed by atoms with Crippen molar-refractivity contribution in [3.63, 3.8) is 0 Å². The van der Waals surface area contributed by atoms with Crippen molar-refractivity contribution in [3.8, 4) is 22.3 Å². The van der Waals surface area contributed by atoms with Gasteiger partial charge >= 0.3 is 0 Å². The first-order valence-corrected chi connectivity index (χ1v) is 9.19. The van der Waals surface area contributed by atoms with E-state index in [4.69, 9.17) is 0 Å². The molecule has 0 aliphatic rings. The third-order valence-corrected chi connectivity index (χ3v) is 5.14. The Bertz CT molecular complexity index is 942. The Morgan fingerprint density at radius 3 is 1.52 bits per heavy atom. The molecule has 0 bridgehead atoms. The molecule has 0 nitrogen and oxygen atoms in total. The van der Waals surface area contributed by atoms with Crippen LogP contribution in [0.15, 0.2) is 119 Å². The SMILES string of the molecule is c1ccc(-c2ccc(Sc3cccc(-c4ccccc4)c3)cc2)cc1. The summed E-state index contributed by atoms with van der Waals surface area (Å²) >= 11 is 1.80. The average molecular weight is 338 g/mol. The first kappa shape index (κ1) is 15.7. The molecule has 25 heavy (non-hydrogen) atoms. The fourth-order valence-electron chi connectivity index (χ4n) is 2.85. The van der Waals surface area contributed by atoms with Gasteiger partial charge in [0, 0.05) is 9.79 Å². The van der Waals surface area contributed by atoms with Gasteiger partial charge in [-0.25, -0.2) is 0 Å². The molecule has 1 heteroatoms. The monoisotopic (exact) mass is 338 g/mol. The van der Waals surface area contributed by atoms with Crippen molar-refractivity contribution in [1.82, 2.24) is 0 Å². The van der Waals surface area contributed by atoms with Crippen molar-refractivity contribution in [2.45, 2.75) is 9.79 Å². The molecular weight excluding hydrogens is 320 g/mol. The zero-order valence-electron chi connectivity index (χ0n) is 13.8. The van der Waals surface area contributed by atoms with E-state index >= 15 is 0 Å². The lowest BCUT2D eigenvalue weighted by Gasteiger charge is -2.07. The van der Waals surface area contributed by atoms with E-state index in [2.05, 4.69) is 103 Å². The van der Waals surface area contributed by atoms with Gasteiger partial charge in [0.25, 0.3) is 0 Å². The Labute approximate surface area is 153 Å². The fraction of sp³-hybridized carbons (Fsp3) is 0. The van der Waals surface area contributed by atoms with Crippen LogP contribution in [0.1, 0.15) is 0 Å². The Morgan fingerprint density at radius 1 is 0.360 bits per heavy atom. The first-order chi connectivity index (χ1) is 12.4. The van der Waals surface area contributed by atoms with E-state index in [1.807, 2.05) is 6.07 Å². The molecule has 0 aromatic heterocycles. The van der Waals surface area contributed by atoms with Gasteiger partial charge in [0.15, 0.2) is 0 Å². The number of benzene rings is 4. The molecule has 0 radical (unpaired) electrons. The molecule has 0 saturated carbocycles. The topological polar surface area (TPSA) is 0 Å². The highest BCUT2D eigenvalue weighted by Crippen LogP contribution is 2.32. The quantitative estimate of drug-likeness (QED) is 0.380. The molecule has 0 amide bonds. The maximum Gasteiger partial charge on any atom is 0.0128 e. The molecule has 0 unspecified atom stereocenters.